The molecule has 1 aliphatic carbocycles. The number of aldehydes is 1. The van der Waals surface area contributed by atoms with Gasteiger partial charge >= 0.3 is 5.97 Å². The van der Waals surface area contributed by atoms with Crippen molar-refractivity contribution in [1.82, 2.24) is 5.32 Å². The Morgan fingerprint density at radius 2 is 1.87 bits per heavy atom. The van der Waals surface area contributed by atoms with Gasteiger partial charge in [0, 0.05) is 16.7 Å². The van der Waals surface area contributed by atoms with Crippen LogP contribution in [0.15, 0.2) is 52.2 Å². The summed E-state index contributed by atoms with van der Waals surface area (Å²) in [6.07, 6.45) is 0.419. The Morgan fingerprint density at radius 3 is 2.44 bits per heavy atom. The lowest BCUT2D eigenvalue weighted by Gasteiger charge is -2.37. The van der Waals surface area contributed by atoms with E-state index in [9.17, 15) is 24.3 Å². The Bertz CT molecular complexity index is 1750. The first-order valence-electron chi connectivity index (χ1n) is 14.6. The number of hydrogen-bond donors (Lipinski definition) is 3. The topological polar surface area (TPSA) is 138 Å². The number of anilines is 2. The zero-order valence-corrected chi connectivity index (χ0v) is 27.0. The highest BCUT2D eigenvalue weighted by Gasteiger charge is 2.44. The number of halogens is 1. The molecule has 0 saturated carbocycles. The quantitative estimate of drug-likeness (QED) is 0.167. The first-order valence-corrected chi connectivity index (χ1v) is 15.0. The molecule has 3 N–H and O–H groups in total. The lowest BCUT2D eigenvalue weighted by Crippen LogP contribution is -2.46. The molecule has 5 rings (SSSR count). The monoisotopic (exact) mass is 633 g/mol. The molecule has 0 spiro atoms. The summed E-state index contributed by atoms with van der Waals surface area (Å²) in [6.45, 7) is 13.6. The molecule has 3 aromatic rings. The predicted molar refractivity (Wildman–Crippen MR) is 170 cm³/mol. The van der Waals surface area contributed by atoms with E-state index in [1.807, 2.05) is 54.5 Å². The minimum absolute atomic E-state index is 0.00624. The van der Waals surface area contributed by atoms with Crippen LogP contribution in [0.2, 0.25) is 5.02 Å². The Hall–Kier alpha value is -4.57. The molecule has 1 aromatic heterocycles. The number of nitrogens with zero attached hydrogens (tertiary/aromatic N) is 1. The summed E-state index contributed by atoms with van der Waals surface area (Å²) in [5.41, 5.74) is 2.21. The van der Waals surface area contributed by atoms with E-state index in [0.717, 1.165) is 11.3 Å². The molecule has 2 atom stereocenters. The second kappa shape index (κ2) is 11.7. The molecule has 1 aliphatic heterocycles. The van der Waals surface area contributed by atoms with Crippen molar-refractivity contribution in [3.05, 3.63) is 86.6 Å². The number of carboxylic acid groups (broad SMARTS) is 1. The van der Waals surface area contributed by atoms with Crippen molar-refractivity contribution in [2.75, 3.05) is 10.2 Å². The summed E-state index contributed by atoms with van der Waals surface area (Å²) < 4.78 is 11.8. The molecule has 45 heavy (non-hydrogen) atoms. The third-order valence-electron chi connectivity index (χ3n) is 8.03. The average molecular weight is 634 g/mol. The number of benzene rings is 2. The molecule has 0 saturated heterocycles. The van der Waals surface area contributed by atoms with Gasteiger partial charge in [0.2, 0.25) is 0 Å². The third kappa shape index (κ3) is 5.82. The van der Waals surface area contributed by atoms with Gasteiger partial charge in [-0.25, -0.2) is 4.79 Å². The van der Waals surface area contributed by atoms with Gasteiger partial charge in [0.05, 0.1) is 46.9 Å². The molecule has 2 aromatic carbocycles. The maximum absolute atomic E-state index is 14.0. The average Bonchev–Trinajstić information content (AvgIpc) is 3.48. The van der Waals surface area contributed by atoms with Crippen LogP contribution < -0.4 is 20.3 Å². The van der Waals surface area contributed by atoms with Crippen LogP contribution in [0, 0.1) is 25.2 Å². The summed E-state index contributed by atoms with van der Waals surface area (Å²) in [4.78, 5) is 52.7. The van der Waals surface area contributed by atoms with E-state index in [4.69, 9.17) is 20.8 Å². The summed E-state index contributed by atoms with van der Waals surface area (Å²) in [7, 11) is 0. The summed E-state index contributed by atoms with van der Waals surface area (Å²) in [5, 5.41) is 16.7. The largest absolute Gasteiger partial charge is 0.491 e. The number of carbonyl (C=O) groups excluding carboxylic acids is 3. The number of aryl methyl sites for hydroxylation is 2. The standard InChI is InChI=1S/C34H36ClN3O7/c1-16(2)44-19-8-9-20(33(42)43)25(13-19)38-14-21-23(35)10-11-24(27(21)32(38)41)36-29-28(22(15-39)30(29)40)37-31(34(5,6)7)26-12-17(3)18(4)45-26/h8-13,15-16,22,31,36-37H,14H2,1-7H3,(H,42,43)/t22-,31+/m1/s1. The van der Waals surface area contributed by atoms with Crippen LogP contribution in [0.4, 0.5) is 11.4 Å². The number of amides is 1. The Kier molecular flexibility index (Phi) is 8.31. The fourth-order valence-corrected chi connectivity index (χ4v) is 5.83. The molecule has 0 bridgehead atoms. The highest BCUT2D eigenvalue weighted by Crippen LogP contribution is 2.42. The van der Waals surface area contributed by atoms with Crippen molar-refractivity contribution in [3.63, 3.8) is 0 Å². The second-order valence-corrected chi connectivity index (χ2v) is 13.1. The number of Topliss-reactive ketones (excluding diaryl/α,β-unsaturated/α-hetero) is 1. The van der Waals surface area contributed by atoms with E-state index in [-0.39, 0.29) is 46.6 Å². The molecule has 2 heterocycles. The lowest BCUT2D eigenvalue weighted by molar-refractivity contribution is -0.125. The van der Waals surface area contributed by atoms with Crippen LogP contribution in [0.5, 0.6) is 5.75 Å². The molecule has 0 unspecified atom stereocenters. The third-order valence-corrected chi connectivity index (χ3v) is 8.39. The fourth-order valence-electron chi connectivity index (χ4n) is 5.61. The van der Waals surface area contributed by atoms with Gasteiger partial charge in [-0.2, -0.15) is 0 Å². The molecule has 236 valence electrons. The number of nitrogens with one attached hydrogen (secondary N) is 2. The summed E-state index contributed by atoms with van der Waals surface area (Å²) >= 11 is 6.56. The normalized spacial score (nSPS) is 16.9. The molecular formula is C34H36ClN3O7. The Morgan fingerprint density at radius 1 is 1.16 bits per heavy atom. The molecule has 0 radical (unpaired) electrons. The molecule has 1 amide bonds. The van der Waals surface area contributed by atoms with E-state index >= 15 is 0 Å². The first kappa shape index (κ1) is 31.8. The van der Waals surface area contributed by atoms with Crippen molar-refractivity contribution >= 4 is 46.9 Å². The number of furan rings is 1. The second-order valence-electron chi connectivity index (χ2n) is 12.7. The van der Waals surface area contributed by atoms with Gasteiger partial charge in [0.25, 0.3) is 5.91 Å². The summed E-state index contributed by atoms with van der Waals surface area (Å²) in [5.74, 6) is -1.28. The molecule has 2 aliphatic rings. The van der Waals surface area contributed by atoms with Gasteiger partial charge in [0.15, 0.2) is 5.78 Å². The number of carboxylic acids is 1. The van der Waals surface area contributed by atoms with E-state index in [1.165, 1.54) is 17.0 Å². The number of allylic oxidation sites excluding steroid dienone is 2. The summed E-state index contributed by atoms with van der Waals surface area (Å²) in [6, 6.07) is 9.22. The minimum Gasteiger partial charge on any atom is -0.491 e. The van der Waals surface area contributed by atoms with E-state index < -0.39 is 23.6 Å². The molecular weight excluding hydrogens is 598 g/mol. The number of carbonyl (C=O) groups is 4. The highest BCUT2D eigenvalue weighted by atomic mass is 35.5. The van der Waals surface area contributed by atoms with Crippen molar-refractivity contribution in [1.29, 1.82) is 0 Å². The van der Waals surface area contributed by atoms with Crippen LogP contribution in [0.1, 0.15) is 84.0 Å². The molecule has 0 fully saturated rings. The van der Waals surface area contributed by atoms with E-state index in [1.54, 1.807) is 18.2 Å². The maximum Gasteiger partial charge on any atom is 0.337 e. The zero-order valence-electron chi connectivity index (χ0n) is 26.2. The minimum atomic E-state index is -1.20. The number of ketones is 1. The van der Waals surface area contributed by atoms with Crippen molar-refractivity contribution in [2.24, 2.45) is 11.3 Å². The van der Waals surface area contributed by atoms with Crippen molar-refractivity contribution in [3.8, 4) is 5.75 Å². The van der Waals surface area contributed by atoms with E-state index in [2.05, 4.69) is 10.6 Å². The van der Waals surface area contributed by atoms with Crippen molar-refractivity contribution < 1.29 is 33.4 Å². The van der Waals surface area contributed by atoms with Crippen molar-refractivity contribution in [2.45, 2.75) is 67.2 Å². The zero-order chi connectivity index (χ0) is 33.0. The van der Waals surface area contributed by atoms with Gasteiger partial charge in [0.1, 0.15) is 35.2 Å². The van der Waals surface area contributed by atoms with Gasteiger partial charge in [-0.1, -0.05) is 32.4 Å². The molecule has 10 nitrogen and oxygen atoms in total. The maximum atomic E-state index is 14.0. The number of hydrogen-bond acceptors (Lipinski definition) is 8. The van der Waals surface area contributed by atoms with Crippen LogP contribution in [0.25, 0.3) is 0 Å². The first-order chi connectivity index (χ1) is 21.1. The van der Waals surface area contributed by atoms with Gasteiger partial charge in [-0.05, 0) is 69.0 Å². The fraction of sp³-hybridized carbons (Fsp3) is 0.353. The van der Waals surface area contributed by atoms with Crippen LogP contribution in [0.3, 0.4) is 0 Å². The van der Waals surface area contributed by atoms with Gasteiger partial charge in [-0.15, -0.1) is 0 Å². The highest BCUT2D eigenvalue weighted by molar-refractivity contribution is 6.33. The van der Waals surface area contributed by atoms with Gasteiger partial charge < -0.3 is 34.6 Å². The molecule has 11 heteroatoms. The lowest BCUT2D eigenvalue weighted by atomic mass is 9.81. The number of fused-ring (bicyclic) bond motifs is 1. The van der Waals surface area contributed by atoms with Gasteiger partial charge in [-0.3, -0.25) is 9.59 Å². The number of aromatic carboxylic acids is 1. The Labute approximate surface area is 266 Å². The predicted octanol–water partition coefficient (Wildman–Crippen LogP) is 6.59. The SMILES string of the molecule is Cc1cc([C@H](NC2=C(Nc3ccc(Cl)c4c3C(=O)N(c3cc(OC(C)C)ccc3C(=O)O)C4)C(=O)[C@@H]2C=O)C(C)(C)C)oc1C. The number of rotatable bonds is 10. The van der Waals surface area contributed by atoms with E-state index in [0.29, 0.717) is 39.8 Å². The van der Waals surface area contributed by atoms with Crippen LogP contribution >= 0.6 is 11.6 Å². The number of ether oxygens (including phenoxy) is 1. The smallest absolute Gasteiger partial charge is 0.337 e. The van der Waals surface area contributed by atoms with Crippen LogP contribution in [-0.4, -0.2) is 35.2 Å². The van der Waals surface area contributed by atoms with Crippen LogP contribution in [-0.2, 0) is 16.1 Å². The Balaban J connectivity index is 1.54.